The highest BCUT2D eigenvalue weighted by molar-refractivity contribution is 7.09. The summed E-state index contributed by atoms with van der Waals surface area (Å²) in [6, 6.07) is 0. The Kier molecular flexibility index (Phi) is 4.38. The molecule has 1 N–H and O–H groups in total. The zero-order valence-electron chi connectivity index (χ0n) is 10.9. The molecule has 0 spiro atoms. The van der Waals surface area contributed by atoms with Crippen LogP contribution in [0.5, 0.6) is 0 Å². The molecule has 1 aliphatic carbocycles. The molecule has 0 amide bonds. The fourth-order valence-electron chi connectivity index (χ4n) is 3.06. The molecule has 18 heavy (non-hydrogen) atoms. The van der Waals surface area contributed by atoms with Crippen LogP contribution in [0.2, 0.25) is 0 Å². The number of carboxylic acid groups (broad SMARTS) is 1. The molecule has 100 valence electrons. The van der Waals surface area contributed by atoms with E-state index >= 15 is 0 Å². The zero-order chi connectivity index (χ0) is 13.0. The highest BCUT2D eigenvalue weighted by atomic mass is 32.1. The van der Waals surface area contributed by atoms with E-state index in [9.17, 15) is 9.90 Å². The molecule has 1 fully saturated rings. The van der Waals surface area contributed by atoms with Gasteiger partial charge in [-0.1, -0.05) is 19.8 Å². The lowest BCUT2D eigenvalue weighted by Gasteiger charge is -2.36. The van der Waals surface area contributed by atoms with Gasteiger partial charge in [0.1, 0.15) is 0 Å². The van der Waals surface area contributed by atoms with Gasteiger partial charge in [-0.05, 0) is 38.0 Å². The average Bonchev–Trinajstić information content (AvgIpc) is 2.84. The third-order valence-electron chi connectivity index (χ3n) is 4.21. The normalized spacial score (nSPS) is 28.2. The second kappa shape index (κ2) is 5.83. The minimum Gasteiger partial charge on any atom is -0.481 e. The summed E-state index contributed by atoms with van der Waals surface area (Å²) in [6.45, 7) is 2.20. The van der Waals surface area contributed by atoms with Gasteiger partial charge in [-0.3, -0.25) is 9.78 Å². The van der Waals surface area contributed by atoms with Gasteiger partial charge in [0.15, 0.2) is 0 Å². The molecular formula is C14H21NO2S. The number of aromatic nitrogens is 1. The lowest BCUT2D eigenvalue weighted by atomic mass is 9.67. The summed E-state index contributed by atoms with van der Waals surface area (Å²) in [5.41, 5.74) is 1.25. The van der Waals surface area contributed by atoms with Crippen LogP contribution in [0.3, 0.4) is 0 Å². The fraction of sp³-hybridized carbons (Fsp3) is 0.714. The van der Waals surface area contributed by atoms with Crippen molar-refractivity contribution in [2.75, 3.05) is 0 Å². The standard InChI is InChI=1S/C14H21NO2S/c1-2-3-11-4-6-14(7-5-11,13(16)17)8-12-9-15-10-18-12/h9-11H,2-8H2,1H3,(H,16,17). The smallest absolute Gasteiger partial charge is 0.309 e. The molecule has 0 radical (unpaired) electrons. The van der Waals surface area contributed by atoms with Gasteiger partial charge in [0, 0.05) is 11.1 Å². The van der Waals surface area contributed by atoms with Crippen molar-refractivity contribution in [1.29, 1.82) is 0 Å². The van der Waals surface area contributed by atoms with E-state index in [-0.39, 0.29) is 0 Å². The first kappa shape index (κ1) is 13.5. The van der Waals surface area contributed by atoms with Crippen LogP contribution in [0.25, 0.3) is 0 Å². The number of carbonyl (C=O) groups is 1. The highest BCUT2D eigenvalue weighted by Gasteiger charge is 2.42. The van der Waals surface area contributed by atoms with Crippen molar-refractivity contribution in [3.8, 4) is 0 Å². The summed E-state index contributed by atoms with van der Waals surface area (Å²) < 4.78 is 0. The van der Waals surface area contributed by atoms with Crippen molar-refractivity contribution in [1.82, 2.24) is 4.98 Å². The van der Waals surface area contributed by atoms with Gasteiger partial charge < -0.3 is 5.11 Å². The van der Waals surface area contributed by atoms with E-state index in [0.717, 1.165) is 36.5 Å². The van der Waals surface area contributed by atoms with Crippen LogP contribution in [-0.2, 0) is 11.2 Å². The van der Waals surface area contributed by atoms with Gasteiger partial charge in [0.25, 0.3) is 0 Å². The summed E-state index contributed by atoms with van der Waals surface area (Å²) in [7, 11) is 0. The van der Waals surface area contributed by atoms with Crippen LogP contribution < -0.4 is 0 Å². The first-order chi connectivity index (χ1) is 8.66. The summed E-state index contributed by atoms with van der Waals surface area (Å²) in [4.78, 5) is 16.8. The second-order valence-corrected chi connectivity index (χ2v) is 6.43. The Hall–Kier alpha value is -0.900. The third-order valence-corrected chi connectivity index (χ3v) is 4.99. The SMILES string of the molecule is CCCC1CCC(Cc2cncs2)(C(=O)O)CC1. The predicted octanol–water partition coefficient (Wildman–Crippen LogP) is 3.75. The van der Waals surface area contributed by atoms with Crippen molar-refractivity contribution >= 4 is 17.3 Å². The Morgan fingerprint density at radius 2 is 2.28 bits per heavy atom. The van der Waals surface area contributed by atoms with Crippen molar-refractivity contribution in [3.05, 3.63) is 16.6 Å². The quantitative estimate of drug-likeness (QED) is 0.884. The van der Waals surface area contributed by atoms with Crippen LogP contribution in [0.15, 0.2) is 11.7 Å². The summed E-state index contributed by atoms with van der Waals surface area (Å²) in [5, 5.41) is 9.59. The Morgan fingerprint density at radius 3 is 2.78 bits per heavy atom. The van der Waals surface area contributed by atoms with E-state index in [4.69, 9.17) is 0 Å². The van der Waals surface area contributed by atoms with Gasteiger partial charge in [-0.2, -0.15) is 0 Å². The topological polar surface area (TPSA) is 50.2 Å². The van der Waals surface area contributed by atoms with Gasteiger partial charge in [0.2, 0.25) is 0 Å². The van der Waals surface area contributed by atoms with Crippen molar-refractivity contribution in [2.24, 2.45) is 11.3 Å². The average molecular weight is 267 g/mol. The third kappa shape index (κ3) is 2.91. The van der Waals surface area contributed by atoms with Crippen molar-refractivity contribution in [2.45, 2.75) is 51.9 Å². The lowest BCUT2D eigenvalue weighted by molar-refractivity contribution is -0.151. The molecule has 2 rings (SSSR count). The number of carboxylic acids is 1. The van der Waals surface area contributed by atoms with E-state index in [2.05, 4.69) is 11.9 Å². The maximum Gasteiger partial charge on any atom is 0.309 e. The molecule has 3 nitrogen and oxygen atoms in total. The largest absolute Gasteiger partial charge is 0.481 e. The van der Waals surface area contributed by atoms with Crippen LogP contribution in [0.1, 0.15) is 50.3 Å². The monoisotopic (exact) mass is 267 g/mol. The first-order valence-corrected chi connectivity index (χ1v) is 7.65. The molecule has 0 bridgehead atoms. The maximum atomic E-state index is 11.7. The minimum atomic E-state index is -0.620. The summed E-state index contributed by atoms with van der Waals surface area (Å²) in [5.74, 6) is 0.120. The van der Waals surface area contributed by atoms with E-state index < -0.39 is 11.4 Å². The van der Waals surface area contributed by atoms with Crippen LogP contribution >= 0.6 is 11.3 Å². The summed E-state index contributed by atoms with van der Waals surface area (Å²) >= 11 is 1.57. The number of thiazole rings is 1. The molecule has 0 unspecified atom stereocenters. The Bertz CT molecular complexity index is 381. The lowest BCUT2D eigenvalue weighted by Crippen LogP contribution is -2.37. The summed E-state index contributed by atoms with van der Waals surface area (Å²) in [6.07, 6.45) is 8.71. The fourth-order valence-corrected chi connectivity index (χ4v) is 3.79. The Balaban J connectivity index is 2.03. The van der Waals surface area contributed by atoms with Gasteiger partial charge in [-0.25, -0.2) is 0 Å². The van der Waals surface area contributed by atoms with E-state index in [1.165, 1.54) is 12.8 Å². The molecule has 1 saturated carbocycles. The van der Waals surface area contributed by atoms with Gasteiger partial charge in [-0.15, -0.1) is 11.3 Å². The Morgan fingerprint density at radius 1 is 1.56 bits per heavy atom. The Labute approximate surface area is 112 Å². The molecule has 0 aromatic carbocycles. The van der Waals surface area contributed by atoms with Crippen LogP contribution in [0.4, 0.5) is 0 Å². The van der Waals surface area contributed by atoms with E-state index in [0.29, 0.717) is 6.42 Å². The van der Waals surface area contributed by atoms with E-state index in [1.807, 2.05) is 6.20 Å². The number of aliphatic carboxylic acids is 1. The maximum absolute atomic E-state index is 11.7. The zero-order valence-corrected chi connectivity index (χ0v) is 11.7. The first-order valence-electron chi connectivity index (χ1n) is 6.77. The number of rotatable bonds is 5. The number of hydrogen-bond donors (Lipinski definition) is 1. The molecule has 0 aliphatic heterocycles. The van der Waals surface area contributed by atoms with Crippen molar-refractivity contribution in [3.63, 3.8) is 0 Å². The van der Waals surface area contributed by atoms with E-state index in [1.54, 1.807) is 16.8 Å². The molecule has 1 heterocycles. The van der Waals surface area contributed by atoms with Gasteiger partial charge in [0.05, 0.1) is 10.9 Å². The molecule has 1 aromatic rings. The molecule has 1 aliphatic rings. The number of nitrogens with zero attached hydrogens (tertiary/aromatic N) is 1. The molecule has 4 heteroatoms. The number of hydrogen-bond acceptors (Lipinski definition) is 3. The molecule has 1 aromatic heterocycles. The molecular weight excluding hydrogens is 246 g/mol. The van der Waals surface area contributed by atoms with Crippen LogP contribution in [-0.4, -0.2) is 16.1 Å². The van der Waals surface area contributed by atoms with Crippen molar-refractivity contribution < 1.29 is 9.90 Å². The molecule has 0 atom stereocenters. The predicted molar refractivity (Wildman–Crippen MR) is 72.8 cm³/mol. The second-order valence-electron chi connectivity index (χ2n) is 5.46. The minimum absolute atomic E-state index is 0.531. The molecule has 0 saturated heterocycles. The van der Waals surface area contributed by atoms with Crippen LogP contribution in [0, 0.1) is 11.3 Å². The highest BCUT2D eigenvalue weighted by Crippen LogP contribution is 2.43. The van der Waals surface area contributed by atoms with Gasteiger partial charge >= 0.3 is 5.97 Å².